The van der Waals surface area contributed by atoms with Crippen molar-refractivity contribution in [2.24, 2.45) is 17.1 Å². The zero-order chi connectivity index (χ0) is 11.5. The molecule has 2 heteroatoms. The molecule has 1 fully saturated rings. The zero-order valence-corrected chi connectivity index (χ0v) is 10.8. The summed E-state index contributed by atoms with van der Waals surface area (Å²) >= 11 is 0. The number of hydrogen-bond acceptors (Lipinski definition) is 2. The molecule has 0 aliphatic heterocycles. The maximum Gasteiger partial charge on any atom is 0.0698 e. The van der Waals surface area contributed by atoms with Gasteiger partial charge < -0.3 is 10.5 Å². The Labute approximate surface area is 94.6 Å². The molecule has 2 nitrogen and oxygen atoms in total. The van der Waals surface area contributed by atoms with Crippen molar-refractivity contribution in [3.8, 4) is 0 Å². The summed E-state index contributed by atoms with van der Waals surface area (Å²) in [4.78, 5) is 0. The highest BCUT2D eigenvalue weighted by Crippen LogP contribution is 2.40. The smallest absolute Gasteiger partial charge is 0.0698 e. The van der Waals surface area contributed by atoms with Crippen LogP contribution in [0.15, 0.2) is 0 Å². The molecule has 1 rings (SSSR count). The first kappa shape index (κ1) is 13.0. The van der Waals surface area contributed by atoms with Crippen LogP contribution in [0.3, 0.4) is 0 Å². The van der Waals surface area contributed by atoms with Gasteiger partial charge in [-0.2, -0.15) is 0 Å². The van der Waals surface area contributed by atoms with E-state index >= 15 is 0 Å². The van der Waals surface area contributed by atoms with Crippen LogP contribution in [0.1, 0.15) is 53.4 Å². The van der Waals surface area contributed by atoms with Crippen LogP contribution in [0.5, 0.6) is 0 Å². The zero-order valence-electron chi connectivity index (χ0n) is 10.8. The van der Waals surface area contributed by atoms with Gasteiger partial charge in [-0.05, 0) is 37.0 Å². The van der Waals surface area contributed by atoms with Gasteiger partial charge >= 0.3 is 0 Å². The van der Waals surface area contributed by atoms with Crippen molar-refractivity contribution >= 4 is 0 Å². The summed E-state index contributed by atoms with van der Waals surface area (Å²) in [5.74, 6) is 0.786. The molecule has 90 valence electrons. The summed E-state index contributed by atoms with van der Waals surface area (Å²) in [6, 6.07) is 0. The van der Waals surface area contributed by atoms with Crippen LogP contribution in [-0.4, -0.2) is 18.8 Å². The van der Waals surface area contributed by atoms with E-state index in [4.69, 9.17) is 10.5 Å². The average molecular weight is 213 g/mol. The average Bonchev–Trinajstić information content (AvgIpc) is 2.10. The third-order valence-corrected chi connectivity index (χ3v) is 3.45. The van der Waals surface area contributed by atoms with E-state index in [0.29, 0.717) is 18.1 Å². The lowest BCUT2D eigenvalue weighted by molar-refractivity contribution is -0.0627. The molecule has 0 aromatic rings. The lowest BCUT2D eigenvalue weighted by Crippen LogP contribution is -2.36. The van der Waals surface area contributed by atoms with Gasteiger partial charge in [-0.15, -0.1) is 0 Å². The Morgan fingerprint density at radius 3 is 2.53 bits per heavy atom. The molecule has 0 radical (unpaired) electrons. The summed E-state index contributed by atoms with van der Waals surface area (Å²) in [7, 11) is 0. The molecule has 0 bridgehead atoms. The van der Waals surface area contributed by atoms with Crippen LogP contribution in [0.2, 0.25) is 0 Å². The largest absolute Gasteiger partial charge is 0.374 e. The van der Waals surface area contributed by atoms with E-state index in [2.05, 4.69) is 27.7 Å². The van der Waals surface area contributed by atoms with E-state index in [1.165, 1.54) is 19.3 Å². The minimum Gasteiger partial charge on any atom is -0.374 e. The standard InChI is InChI=1S/C13H27NO/c1-5-11(9-14)15-12-6-10(2)7-13(3,4)8-12/h10-12H,5-9,14H2,1-4H3. The first-order valence-corrected chi connectivity index (χ1v) is 6.32. The van der Waals surface area contributed by atoms with Crippen molar-refractivity contribution in [1.29, 1.82) is 0 Å². The van der Waals surface area contributed by atoms with Gasteiger partial charge in [0.15, 0.2) is 0 Å². The van der Waals surface area contributed by atoms with Gasteiger partial charge in [0.2, 0.25) is 0 Å². The van der Waals surface area contributed by atoms with Crippen molar-refractivity contribution in [2.75, 3.05) is 6.54 Å². The Kier molecular flexibility index (Phi) is 4.60. The summed E-state index contributed by atoms with van der Waals surface area (Å²) in [5, 5.41) is 0. The minimum atomic E-state index is 0.260. The van der Waals surface area contributed by atoms with Crippen LogP contribution in [0, 0.1) is 11.3 Å². The Bertz CT molecular complexity index is 187. The van der Waals surface area contributed by atoms with Gasteiger partial charge in [-0.3, -0.25) is 0 Å². The van der Waals surface area contributed by atoms with Crippen LogP contribution >= 0.6 is 0 Å². The highest BCUT2D eigenvalue weighted by Gasteiger charge is 2.33. The molecular formula is C13H27NO. The number of ether oxygens (including phenoxy) is 1. The van der Waals surface area contributed by atoms with Gasteiger partial charge in [0.05, 0.1) is 12.2 Å². The lowest BCUT2D eigenvalue weighted by Gasteiger charge is -2.40. The second-order valence-electron chi connectivity index (χ2n) is 5.94. The molecule has 0 aromatic carbocycles. The number of hydrogen-bond donors (Lipinski definition) is 1. The molecule has 0 amide bonds. The third kappa shape index (κ3) is 4.12. The molecule has 1 aliphatic carbocycles. The normalized spacial score (nSPS) is 32.6. The highest BCUT2D eigenvalue weighted by molar-refractivity contribution is 4.84. The third-order valence-electron chi connectivity index (χ3n) is 3.45. The van der Waals surface area contributed by atoms with Gasteiger partial charge in [0.1, 0.15) is 0 Å². The molecule has 1 aliphatic rings. The molecule has 0 saturated heterocycles. The number of nitrogens with two attached hydrogens (primary N) is 1. The van der Waals surface area contributed by atoms with E-state index in [1.54, 1.807) is 0 Å². The van der Waals surface area contributed by atoms with E-state index in [1.807, 2.05) is 0 Å². The second-order valence-corrected chi connectivity index (χ2v) is 5.94. The number of rotatable bonds is 4. The monoisotopic (exact) mass is 213 g/mol. The van der Waals surface area contributed by atoms with Crippen molar-refractivity contribution in [3.05, 3.63) is 0 Å². The maximum atomic E-state index is 6.07. The van der Waals surface area contributed by atoms with Crippen LogP contribution < -0.4 is 5.73 Å². The Hall–Kier alpha value is -0.0800. The molecule has 1 saturated carbocycles. The van der Waals surface area contributed by atoms with E-state index in [-0.39, 0.29) is 6.10 Å². The summed E-state index contributed by atoms with van der Waals surface area (Å²) in [6.45, 7) is 9.84. The van der Waals surface area contributed by atoms with E-state index in [9.17, 15) is 0 Å². The molecule has 0 spiro atoms. The molecule has 3 atom stereocenters. The summed E-state index contributed by atoms with van der Waals surface area (Å²) in [5.41, 5.74) is 6.12. The Morgan fingerprint density at radius 2 is 2.07 bits per heavy atom. The van der Waals surface area contributed by atoms with Gasteiger partial charge in [0, 0.05) is 6.54 Å². The van der Waals surface area contributed by atoms with Crippen molar-refractivity contribution in [1.82, 2.24) is 0 Å². The van der Waals surface area contributed by atoms with Gasteiger partial charge in [-0.1, -0.05) is 27.7 Å². The Balaban J connectivity index is 2.47. The van der Waals surface area contributed by atoms with Crippen molar-refractivity contribution < 1.29 is 4.74 Å². The molecular weight excluding hydrogens is 186 g/mol. The van der Waals surface area contributed by atoms with Crippen LogP contribution in [0.4, 0.5) is 0 Å². The maximum absolute atomic E-state index is 6.07. The topological polar surface area (TPSA) is 35.2 Å². The van der Waals surface area contributed by atoms with E-state index < -0.39 is 0 Å². The van der Waals surface area contributed by atoms with Gasteiger partial charge in [0.25, 0.3) is 0 Å². The van der Waals surface area contributed by atoms with Crippen LogP contribution in [-0.2, 0) is 4.74 Å². The fraction of sp³-hybridized carbons (Fsp3) is 1.00. The fourth-order valence-electron chi connectivity index (χ4n) is 2.95. The molecule has 0 heterocycles. The predicted molar refractivity (Wildman–Crippen MR) is 64.8 cm³/mol. The fourth-order valence-corrected chi connectivity index (χ4v) is 2.95. The Morgan fingerprint density at radius 1 is 1.40 bits per heavy atom. The molecule has 15 heavy (non-hydrogen) atoms. The molecule has 0 aromatic heterocycles. The second kappa shape index (κ2) is 5.31. The lowest BCUT2D eigenvalue weighted by atomic mass is 9.71. The van der Waals surface area contributed by atoms with E-state index in [0.717, 1.165) is 12.3 Å². The molecule has 3 unspecified atom stereocenters. The first-order valence-electron chi connectivity index (χ1n) is 6.32. The first-order chi connectivity index (χ1) is 6.96. The van der Waals surface area contributed by atoms with Crippen molar-refractivity contribution in [2.45, 2.75) is 65.6 Å². The highest BCUT2D eigenvalue weighted by atomic mass is 16.5. The van der Waals surface area contributed by atoms with Crippen LogP contribution in [0.25, 0.3) is 0 Å². The molecule has 2 N–H and O–H groups in total. The van der Waals surface area contributed by atoms with Crippen molar-refractivity contribution in [3.63, 3.8) is 0 Å². The minimum absolute atomic E-state index is 0.260. The quantitative estimate of drug-likeness (QED) is 0.779. The summed E-state index contributed by atoms with van der Waals surface area (Å²) in [6.07, 6.45) is 5.44. The summed E-state index contributed by atoms with van der Waals surface area (Å²) < 4.78 is 6.07. The predicted octanol–water partition coefficient (Wildman–Crippen LogP) is 2.96. The van der Waals surface area contributed by atoms with Gasteiger partial charge in [-0.25, -0.2) is 0 Å². The SMILES string of the molecule is CCC(CN)OC1CC(C)CC(C)(C)C1.